The summed E-state index contributed by atoms with van der Waals surface area (Å²) in [5, 5.41) is 0. The number of rotatable bonds is 9. The number of hydrogen-bond acceptors (Lipinski definition) is 4. The molecule has 0 aliphatic carbocycles. The molecule has 0 bridgehead atoms. The normalized spacial score (nSPS) is 13.1. The first-order valence-electron chi connectivity index (χ1n) is 10.5. The van der Waals surface area contributed by atoms with Crippen molar-refractivity contribution in [2.24, 2.45) is 0 Å². The van der Waals surface area contributed by atoms with E-state index in [1.54, 1.807) is 4.90 Å². The van der Waals surface area contributed by atoms with E-state index in [0.29, 0.717) is 19.7 Å². The topological polar surface area (TPSA) is 45.9 Å². The molecular weight excluding hydrogens is 388 g/mol. The lowest BCUT2D eigenvalue weighted by molar-refractivity contribution is 0.0927. The number of aryl methyl sites for hydroxylation is 1. The number of carbonyl (C=O) groups is 1. The maximum Gasteiger partial charge on any atom is 0.410 e. The fraction of sp³-hybridized carbons (Fsp3) is 0.522. The molecule has 160 valence electrons. The minimum absolute atomic E-state index is 0. The van der Waals surface area contributed by atoms with E-state index in [9.17, 15) is 4.79 Å². The molecule has 1 aliphatic heterocycles. The Morgan fingerprint density at radius 2 is 1.93 bits per heavy atom. The van der Waals surface area contributed by atoms with Gasteiger partial charge >= 0.3 is 6.09 Å². The summed E-state index contributed by atoms with van der Waals surface area (Å²) >= 11 is 0. The average molecular weight is 421 g/mol. The molecule has 1 aromatic heterocycles. The van der Waals surface area contributed by atoms with Crippen molar-refractivity contribution >= 4 is 18.5 Å². The summed E-state index contributed by atoms with van der Waals surface area (Å²) in [5.41, 5.74) is 2.56. The quantitative estimate of drug-likeness (QED) is 0.532. The van der Waals surface area contributed by atoms with Gasteiger partial charge in [0.25, 0.3) is 0 Å². The number of fused-ring (bicyclic) bond motifs is 1. The summed E-state index contributed by atoms with van der Waals surface area (Å²) in [4.78, 5) is 16.5. The van der Waals surface area contributed by atoms with Crippen LogP contribution in [0.3, 0.4) is 0 Å². The zero-order chi connectivity index (χ0) is 19.8. The van der Waals surface area contributed by atoms with E-state index in [1.165, 1.54) is 11.1 Å². The van der Waals surface area contributed by atoms with Crippen LogP contribution in [0.4, 0.5) is 4.79 Å². The molecule has 6 heteroatoms. The molecule has 0 N–H and O–H groups in total. The molecule has 0 radical (unpaired) electrons. The number of ether oxygens (including phenoxy) is 1. The molecule has 0 saturated heterocycles. The van der Waals surface area contributed by atoms with Crippen LogP contribution < -0.4 is 0 Å². The number of amides is 1. The van der Waals surface area contributed by atoms with Crippen molar-refractivity contribution in [1.29, 1.82) is 0 Å². The van der Waals surface area contributed by atoms with Gasteiger partial charge in [0, 0.05) is 6.54 Å². The van der Waals surface area contributed by atoms with Crippen molar-refractivity contribution in [3.8, 4) is 0 Å². The molecule has 1 aromatic carbocycles. The predicted molar refractivity (Wildman–Crippen MR) is 117 cm³/mol. The second-order valence-corrected chi connectivity index (χ2v) is 7.35. The Balaban J connectivity index is 0.00000300. The highest BCUT2D eigenvalue weighted by atomic mass is 35.5. The van der Waals surface area contributed by atoms with Gasteiger partial charge in [0.1, 0.15) is 11.5 Å². The van der Waals surface area contributed by atoms with Crippen molar-refractivity contribution in [2.75, 3.05) is 26.2 Å². The van der Waals surface area contributed by atoms with Crippen molar-refractivity contribution < 1.29 is 13.9 Å². The van der Waals surface area contributed by atoms with Crippen LogP contribution in [0.2, 0.25) is 0 Å². The Kier molecular flexibility index (Phi) is 9.55. The van der Waals surface area contributed by atoms with Crippen LogP contribution in [-0.2, 0) is 30.7 Å². The number of furan rings is 1. The molecule has 0 spiro atoms. The van der Waals surface area contributed by atoms with Crippen molar-refractivity contribution in [3.05, 3.63) is 59.0 Å². The Morgan fingerprint density at radius 1 is 1.17 bits per heavy atom. The average Bonchev–Trinajstić information content (AvgIpc) is 3.14. The summed E-state index contributed by atoms with van der Waals surface area (Å²) in [6.07, 6.45) is 3.53. The van der Waals surface area contributed by atoms with Gasteiger partial charge in [-0.2, -0.15) is 0 Å². The Hall–Kier alpha value is -1.98. The predicted octanol–water partition coefficient (Wildman–Crippen LogP) is 5.06. The largest absolute Gasteiger partial charge is 0.463 e. The zero-order valence-corrected chi connectivity index (χ0v) is 18.4. The molecule has 0 fully saturated rings. The molecule has 0 unspecified atom stereocenters. The molecular formula is C23H33ClN2O3. The minimum Gasteiger partial charge on any atom is -0.463 e. The molecule has 0 saturated carbocycles. The van der Waals surface area contributed by atoms with Crippen LogP contribution in [0, 0.1) is 0 Å². The molecule has 29 heavy (non-hydrogen) atoms. The van der Waals surface area contributed by atoms with Crippen molar-refractivity contribution in [3.63, 3.8) is 0 Å². The van der Waals surface area contributed by atoms with E-state index in [1.807, 2.05) is 6.07 Å². The SMILES string of the molecule is CCN(CC)Cc1cc2c(o1)CN(C(=O)OCCCCc1ccccc1)CC2.Cl. The van der Waals surface area contributed by atoms with Gasteiger partial charge in [-0.05, 0) is 56.0 Å². The second kappa shape index (κ2) is 11.9. The number of carbonyl (C=O) groups excluding carboxylic acids is 1. The highest BCUT2D eigenvalue weighted by Crippen LogP contribution is 2.24. The third-order valence-electron chi connectivity index (χ3n) is 5.39. The maximum atomic E-state index is 12.4. The molecule has 1 amide bonds. The molecule has 0 atom stereocenters. The lowest BCUT2D eigenvalue weighted by atomic mass is 10.1. The first-order chi connectivity index (χ1) is 13.7. The Bertz CT molecular complexity index is 744. The lowest BCUT2D eigenvalue weighted by Crippen LogP contribution is -2.36. The Morgan fingerprint density at radius 3 is 2.66 bits per heavy atom. The van der Waals surface area contributed by atoms with Crippen LogP contribution in [0.15, 0.2) is 40.8 Å². The van der Waals surface area contributed by atoms with E-state index >= 15 is 0 Å². The molecule has 1 aliphatic rings. The van der Waals surface area contributed by atoms with Gasteiger partial charge in [-0.25, -0.2) is 4.79 Å². The van der Waals surface area contributed by atoms with Gasteiger partial charge < -0.3 is 14.1 Å². The highest BCUT2D eigenvalue weighted by molar-refractivity contribution is 5.85. The lowest BCUT2D eigenvalue weighted by Gasteiger charge is -2.25. The third kappa shape index (κ3) is 6.79. The first-order valence-corrected chi connectivity index (χ1v) is 10.5. The Labute approximate surface area is 180 Å². The zero-order valence-electron chi connectivity index (χ0n) is 17.6. The molecule has 5 nitrogen and oxygen atoms in total. The minimum atomic E-state index is -0.230. The number of benzene rings is 1. The van der Waals surface area contributed by atoms with Gasteiger partial charge in [-0.3, -0.25) is 4.90 Å². The standard InChI is InChI=1S/C23H32N2O3.ClH/c1-3-24(4-2)17-21-16-20-13-14-25(18-22(20)28-21)23(26)27-15-9-8-12-19-10-6-5-7-11-19;/h5-7,10-11,16H,3-4,8-9,12-15,17-18H2,1-2H3;1H. The number of hydrogen-bond donors (Lipinski definition) is 0. The summed E-state index contributed by atoms with van der Waals surface area (Å²) in [5.74, 6) is 1.90. The summed E-state index contributed by atoms with van der Waals surface area (Å²) in [7, 11) is 0. The van der Waals surface area contributed by atoms with Crippen LogP contribution >= 0.6 is 12.4 Å². The van der Waals surface area contributed by atoms with Crippen LogP contribution in [0.5, 0.6) is 0 Å². The number of unbranched alkanes of at least 4 members (excludes halogenated alkanes) is 1. The van der Waals surface area contributed by atoms with E-state index in [0.717, 1.165) is 56.8 Å². The smallest absolute Gasteiger partial charge is 0.410 e. The first kappa shape index (κ1) is 23.3. The fourth-order valence-corrected chi connectivity index (χ4v) is 3.61. The van der Waals surface area contributed by atoms with E-state index < -0.39 is 0 Å². The van der Waals surface area contributed by atoms with Crippen LogP contribution in [0.1, 0.15) is 49.3 Å². The van der Waals surface area contributed by atoms with Gasteiger partial charge in [0.05, 0.1) is 19.7 Å². The van der Waals surface area contributed by atoms with Crippen LogP contribution in [0.25, 0.3) is 0 Å². The van der Waals surface area contributed by atoms with E-state index in [2.05, 4.69) is 49.1 Å². The van der Waals surface area contributed by atoms with E-state index in [-0.39, 0.29) is 18.5 Å². The van der Waals surface area contributed by atoms with Crippen molar-refractivity contribution in [1.82, 2.24) is 9.80 Å². The van der Waals surface area contributed by atoms with Gasteiger partial charge in [0.2, 0.25) is 0 Å². The van der Waals surface area contributed by atoms with Gasteiger partial charge in [-0.15, -0.1) is 12.4 Å². The summed E-state index contributed by atoms with van der Waals surface area (Å²) in [6.45, 7) is 8.83. The molecule has 3 rings (SSSR count). The summed E-state index contributed by atoms with van der Waals surface area (Å²) in [6, 6.07) is 12.6. The molecule has 2 heterocycles. The maximum absolute atomic E-state index is 12.4. The second-order valence-electron chi connectivity index (χ2n) is 7.35. The van der Waals surface area contributed by atoms with Crippen molar-refractivity contribution in [2.45, 2.75) is 52.6 Å². The van der Waals surface area contributed by atoms with E-state index in [4.69, 9.17) is 9.15 Å². The third-order valence-corrected chi connectivity index (χ3v) is 5.39. The van der Waals surface area contributed by atoms with Crippen LogP contribution in [-0.4, -0.2) is 42.1 Å². The number of halogens is 1. The fourth-order valence-electron chi connectivity index (χ4n) is 3.61. The van der Waals surface area contributed by atoms with Gasteiger partial charge in [0.15, 0.2) is 0 Å². The highest BCUT2D eigenvalue weighted by Gasteiger charge is 2.25. The van der Waals surface area contributed by atoms with Gasteiger partial charge in [-0.1, -0.05) is 44.2 Å². The molecule has 2 aromatic rings. The monoisotopic (exact) mass is 420 g/mol. The summed E-state index contributed by atoms with van der Waals surface area (Å²) < 4.78 is 11.5. The number of nitrogens with zero attached hydrogens (tertiary/aromatic N) is 2.